The summed E-state index contributed by atoms with van der Waals surface area (Å²) in [5.41, 5.74) is 2.62. The van der Waals surface area contributed by atoms with E-state index in [9.17, 15) is 9.59 Å². The van der Waals surface area contributed by atoms with Crippen LogP contribution in [0.25, 0.3) is 21.6 Å². The van der Waals surface area contributed by atoms with Gasteiger partial charge in [-0.3, -0.25) is 9.59 Å². The Morgan fingerprint density at radius 3 is 2.63 bits per heavy atom. The zero-order valence-electron chi connectivity index (χ0n) is 16.9. The Balaban J connectivity index is 1.27. The fourth-order valence-electron chi connectivity index (χ4n) is 4.25. The molecule has 0 N–H and O–H groups in total. The molecule has 3 aromatic rings. The fraction of sp³-hybridized carbons (Fsp3) is 0.409. The normalized spacial score (nSPS) is 19.6. The summed E-state index contributed by atoms with van der Waals surface area (Å²) < 4.78 is 7.61. The number of hydrogen-bond donors (Lipinski definition) is 0. The molecule has 4 heterocycles. The van der Waals surface area contributed by atoms with Crippen LogP contribution in [0.4, 0.5) is 0 Å². The standard InChI is InChI=1S/C22H24N4O3S/c1-24-17-6-3-2-5-15(17)13-18(24)20-23-16(14-30-20)21(27)25-8-10-26(11-9-25)22(28)19-7-4-12-29-19/h2-3,5-6,13-14,19H,4,7-12H2,1H3. The van der Waals surface area contributed by atoms with Gasteiger partial charge in [-0.15, -0.1) is 11.3 Å². The van der Waals surface area contributed by atoms with Crippen LogP contribution in [-0.4, -0.2) is 70.1 Å². The Labute approximate surface area is 178 Å². The topological polar surface area (TPSA) is 67.7 Å². The van der Waals surface area contributed by atoms with Crippen molar-refractivity contribution in [3.63, 3.8) is 0 Å². The molecule has 0 spiro atoms. The Bertz CT molecular complexity index is 1090. The van der Waals surface area contributed by atoms with Gasteiger partial charge in [-0.2, -0.15) is 0 Å². The van der Waals surface area contributed by atoms with Crippen LogP contribution in [0.3, 0.4) is 0 Å². The maximum atomic E-state index is 13.0. The van der Waals surface area contributed by atoms with Crippen LogP contribution in [0.5, 0.6) is 0 Å². The molecule has 5 rings (SSSR count). The van der Waals surface area contributed by atoms with E-state index in [1.54, 1.807) is 4.90 Å². The number of ether oxygens (including phenoxy) is 1. The number of para-hydroxylation sites is 1. The van der Waals surface area contributed by atoms with E-state index in [2.05, 4.69) is 27.8 Å². The van der Waals surface area contributed by atoms with Crippen molar-refractivity contribution in [1.29, 1.82) is 0 Å². The number of carbonyl (C=O) groups is 2. The average Bonchev–Trinajstić information content (AvgIpc) is 3.54. The van der Waals surface area contributed by atoms with Crippen molar-refractivity contribution in [2.24, 2.45) is 7.05 Å². The van der Waals surface area contributed by atoms with E-state index in [1.807, 2.05) is 29.5 Å². The van der Waals surface area contributed by atoms with Crippen molar-refractivity contribution in [2.45, 2.75) is 18.9 Å². The number of hydrogen-bond acceptors (Lipinski definition) is 5. The second-order valence-corrected chi connectivity index (χ2v) is 8.66. The SMILES string of the molecule is Cn1c(-c2nc(C(=O)N3CCN(C(=O)C4CCCO4)CC3)cs2)cc2ccccc21. The van der Waals surface area contributed by atoms with Crippen molar-refractivity contribution in [3.05, 3.63) is 41.4 Å². The van der Waals surface area contributed by atoms with E-state index in [-0.39, 0.29) is 17.9 Å². The number of nitrogens with zero attached hydrogens (tertiary/aromatic N) is 4. The van der Waals surface area contributed by atoms with E-state index in [0.29, 0.717) is 38.5 Å². The van der Waals surface area contributed by atoms with E-state index < -0.39 is 0 Å². The molecule has 0 radical (unpaired) electrons. The fourth-order valence-corrected chi connectivity index (χ4v) is 5.10. The Morgan fingerprint density at radius 2 is 1.90 bits per heavy atom. The Hall–Kier alpha value is -2.71. The quantitative estimate of drug-likeness (QED) is 0.648. The number of piperazine rings is 1. The predicted octanol–water partition coefficient (Wildman–Crippen LogP) is 2.77. The van der Waals surface area contributed by atoms with Crippen molar-refractivity contribution in [2.75, 3.05) is 32.8 Å². The van der Waals surface area contributed by atoms with Gasteiger partial charge in [0.1, 0.15) is 16.8 Å². The van der Waals surface area contributed by atoms with Gasteiger partial charge in [0.15, 0.2) is 0 Å². The highest BCUT2D eigenvalue weighted by molar-refractivity contribution is 7.13. The molecular formula is C22H24N4O3S. The highest BCUT2D eigenvalue weighted by Crippen LogP contribution is 2.30. The molecule has 2 amide bonds. The van der Waals surface area contributed by atoms with E-state index in [1.165, 1.54) is 11.3 Å². The van der Waals surface area contributed by atoms with Gasteiger partial charge < -0.3 is 19.1 Å². The van der Waals surface area contributed by atoms with Gasteiger partial charge in [0.05, 0.1) is 5.69 Å². The summed E-state index contributed by atoms with van der Waals surface area (Å²) >= 11 is 1.49. The first-order chi connectivity index (χ1) is 14.6. The number of thiazole rings is 1. The van der Waals surface area contributed by atoms with Crippen molar-refractivity contribution in [3.8, 4) is 10.7 Å². The molecule has 2 saturated heterocycles. The third-order valence-electron chi connectivity index (χ3n) is 5.98. The van der Waals surface area contributed by atoms with Crippen molar-refractivity contribution in [1.82, 2.24) is 19.4 Å². The van der Waals surface area contributed by atoms with E-state index in [4.69, 9.17) is 4.74 Å². The molecule has 1 unspecified atom stereocenters. The molecule has 0 bridgehead atoms. The number of aromatic nitrogens is 2. The van der Waals surface area contributed by atoms with Crippen LogP contribution in [0.2, 0.25) is 0 Å². The zero-order chi connectivity index (χ0) is 20.7. The van der Waals surface area contributed by atoms with Gasteiger partial charge in [0.25, 0.3) is 11.8 Å². The summed E-state index contributed by atoms with van der Waals surface area (Å²) in [6.45, 7) is 2.81. The summed E-state index contributed by atoms with van der Waals surface area (Å²) in [5, 5.41) is 3.83. The number of rotatable bonds is 3. The smallest absolute Gasteiger partial charge is 0.273 e. The first-order valence-corrected chi connectivity index (χ1v) is 11.2. The molecule has 2 aliphatic heterocycles. The number of carbonyl (C=O) groups excluding carboxylic acids is 2. The zero-order valence-corrected chi connectivity index (χ0v) is 17.7. The van der Waals surface area contributed by atoms with Crippen LogP contribution in [0.15, 0.2) is 35.7 Å². The maximum Gasteiger partial charge on any atom is 0.273 e. The molecular weight excluding hydrogens is 400 g/mol. The van der Waals surface area contributed by atoms with Crippen LogP contribution in [-0.2, 0) is 16.6 Å². The number of benzene rings is 1. The Morgan fingerprint density at radius 1 is 1.13 bits per heavy atom. The van der Waals surface area contributed by atoms with Crippen molar-refractivity contribution >= 4 is 34.1 Å². The minimum atomic E-state index is -0.297. The number of amides is 2. The lowest BCUT2D eigenvalue weighted by atomic mass is 10.2. The van der Waals surface area contributed by atoms with Crippen LogP contribution in [0.1, 0.15) is 23.3 Å². The number of fused-ring (bicyclic) bond motifs is 1. The third kappa shape index (κ3) is 3.40. The minimum absolute atomic E-state index is 0.0614. The van der Waals surface area contributed by atoms with Gasteiger partial charge in [0.2, 0.25) is 0 Å². The van der Waals surface area contributed by atoms with E-state index >= 15 is 0 Å². The third-order valence-corrected chi connectivity index (χ3v) is 6.84. The molecule has 2 fully saturated rings. The van der Waals surface area contributed by atoms with E-state index in [0.717, 1.165) is 34.4 Å². The largest absolute Gasteiger partial charge is 0.368 e. The molecule has 30 heavy (non-hydrogen) atoms. The Kier molecular flexibility index (Phi) is 5.04. The molecule has 2 aromatic heterocycles. The molecule has 7 nitrogen and oxygen atoms in total. The highest BCUT2D eigenvalue weighted by atomic mass is 32.1. The predicted molar refractivity (Wildman–Crippen MR) is 115 cm³/mol. The van der Waals surface area contributed by atoms with Crippen LogP contribution in [0, 0.1) is 0 Å². The van der Waals surface area contributed by atoms with Gasteiger partial charge >= 0.3 is 0 Å². The lowest BCUT2D eigenvalue weighted by Crippen LogP contribution is -2.52. The second-order valence-electron chi connectivity index (χ2n) is 7.80. The first-order valence-electron chi connectivity index (χ1n) is 10.3. The highest BCUT2D eigenvalue weighted by Gasteiger charge is 2.32. The van der Waals surface area contributed by atoms with Crippen molar-refractivity contribution < 1.29 is 14.3 Å². The summed E-state index contributed by atoms with van der Waals surface area (Å²) in [5.74, 6) is -0.00760. The summed E-state index contributed by atoms with van der Waals surface area (Å²) in [7, 11) is 2.02. The minimum Gasteiger partial charge on any atom is -0.368 e. The maximum absolute atomic E-state index is 13.0. The van der Waals surface area contributed by atoms with Crippen LogP contribution >= 0.6 is 11.3 Å². The first kappa shape index (κ1) is 19.3. The molecule has 156 valence electrons. The summed E-state index contributed by atoms with van der Waals surface area (Å²) in [6, 6.07) is 10.3. The molecule has 0 aliphatic carbocycles. The summed E-state index contributed by atoms with van der Waals surface area (Å²) in [4.78, 5) is 33.7. The second kappa shape index (κ2) is 7.85. The lowest BCUT2D eigenvalue weighted by molar-refractivity contribution is -0.142. The molecule has 8 heteroatoms. The molecule has 1 atom stereocenters. The number of aryl methyl sites for hydroxylation is 1. The van der Waals surface area contributed by atoms with Gasteiger partial charge in [-0.1, -0.05) is 18.2 Å². The van der Waals surface area contributed by atoms with Gasteiger partial charge in [0, 0.05) is 56.1 Å². The molecule has 1 aromatic carbocycles. The monoisotopic (exact) mass is 424 g/mol. The van der Waals surface area contributed by atoms with Gasteiger partial charge in [-0.05, 0) is 25.0 Å². The lowest BCUT2D eigenvalue weighted by Gasteiger charge is -2.35. The average molecular weight is 425 g/mol. The molecule has 0 saturated carbocycles. The van der Waals surface area contributed by atoms with Crippen LogP contribution < -0.4 is 0 Å². The summed E-state index contributed by atoms with van der Waals surface area (Å²) in [6.07, 6.45) is 1.44. The molecule has 2 aliphatic rings. The van der Waals surface area contributed by atoms with Gasteiger partial charge in [-0.25, -0.2) is 4.98 Å².